The lowest BCUT2D eigenvalue weighted by Gasteiger charge is -2.27. The molecule has 0 bridgehead atoms. The molecule has 1 aliphatic heterocycles. The van der Waals surface area contributed by atoms with Gasteiger partial charge in [-0.05, 0) is 11.6 Å². The van der Waals surface area contributed by atoms with Crippen molar-refractivity contribution in [1.82, 2.24) is 15.1 Å². The van der Waals surface area contributed by atoms with Crippen molar-refractivity contribution >= 4 is 10.9 Å². The van der Waals surface area contributed by atoms with Crippen LogP contribution in [-0.2, 0) is 7.05 Å². The van der Waals surface area contributed by atoms with Gasteiger partial charge in [-0.3, -0.25) is 4.68 Å². The lowest BCUT2D eigenvalue weighted by molar-refractivity contribution is 0.448. The molecule has 1 fully saturated rings. The third-order valence-electron chi connectivity index (χ3n) is 3.03. The highest BCUT2D eigenvalue weighted by Gasteiger charge is 2.19. The average Bonchev–Trinajstić information content (AvgIpc) is 2.45. The molecule has 1 aromatic carbocycles. The van der Waals surface area contributed by atoms with Crippen LogP contribution in [0.3, 0.4) is 0 Å². The van der Waals surface area contributed by atoms with Gasteiger partial charge in [0.2, 0.25) is 0 Å². The summed E-state index contributed by atoms with van der Waals surface area (Å²) < 4.78 is 1.94. The van der Waals surface area contributed by atoms with E-state index in [1.807, 2.05) is 17.9 Å². The molecule has 0 radical (unpaired) electrons. The first-order valence-electron chi connectivity index (χ1n) is 4.97. The fourth-order valence-corrected chi connectivity index (χ4v) is 1.94. The third kappa shape index (κ3) is 1.06. The highest BCUT2D eigenvalue weighted by molar-refractivity contribution is 5.79. The van der Waals surface area contributed by atoms with Gasteiger partial charge in [0.15, 0.2) is 0 Å². The molecule has 14 heavy (non-hydrogen) atoms. The first kappa shape index (κ1) is 8.00. The minimum absolute atomic E-state index is 0.703. The van der Waals surface area contributed by atoms with E-state index in [1.165, 1.54) is 16.5 Å². The summed E-state index contributed by atoms with van der Waals surface area (Å²) >= 11 is 0. The highest BCUT2D eigenvalue weighted by Crippen LogP contribution is 2.23. The van der Waals surface area contributed by atoms with Crippen LogP contribution in [0.4, 0.5) is 0 Å². The van der Waals surface area contributed by atoms with Gasteiger partial charge in [0.05, 0.1) is 11.7 Å². The van der Waals surface area contributed by atoms with Crippen molar-refractivity contribution in [3.8, 4) is 0 Å². The molecule has 1 N–H and O–H groups in total. The van der Waals surface area contributed by atoms with Gasteiger partial charge in [-0.15, -0.1) is 0 Å². The zero-order valence-electron chi connectivity index (χ0n) is 8.20. The predicted molar refractivity (Wildman–Crippen MR) is 56.3 cm³/mol. The molecule has 1 aliphatic rings. The van der Waals surface area contributed by atoms with Crippen LogP contribution in [0.2, 0.25) is 0 Å². The molecule has 2 aromatic rings. The SMILES string of the molecule is Cn1ncc2ccc(C3CNC3)cc21. The summed E-state index contributed by atoms with van der Waals surface area (Å²) in [5.74, 6) is 0.703. The van der Waals surface area contributed by atoms with Crippen molar-refractivity contribution < 1.29 is 0 Å². The molecule has 0 atom stereocenters. The highest BCUT2D eigenvalue weighted by atomic mass is 15.2. The van der Waals surface area contributed by atoms with Crippen LogP contribution < -0.4 is 5.32 Å². The third-order valence-corrected chi connectivity index (χ3v) is 3.03. The van der Waals surface area contributed by atoms with Crippen LogP contribution in [0, 0.1) is 0 Å². The van der Waals surface area contributed by atoms with E-state index >= 15 is 0 Å². The Hall–Kier alpha value is -1.35. The van der Waals surface area contributed by atoms with Gasteiger partial charge in [-0.25, -0.2) is 0 Å². The zero-order chi connectivity index (χ0) is 9.54. The molecular formula is C11H13N3. The van der Waals surface area contributed by atoms with Crippen LogP contribution in [0.1, 0.15) is 11.5 Å². The molecule has 3 rings (SSSR count). The van der Waals surface area contributed by atoms with Crippen LogP contribution in [-0.4, -0.2) is 22.9 Å². The second-order valence-electron chi connectivity index (χ2n) is 3.94. The molecule has 0 unspecified atom stereocenters. The second kappa shape index (κ2) is 2.82. The maximum absolute atomic E-state index is 4.24. The number of rotatable bonds is 1. The topological polar surface area (TPSA) is 29.9 Å². The van der Waals surface area contributed by atoms with E-state index < -0.39 is 0 Å². The normalized spacial score (nSPS) is 17.2. The maximum atomic E-state index is 4.24. The van der Waals surface area contributed by atoms with Gasteiger partial charge in [0.25, 0.3) is 0 Å². The number of aromatic nitrogens is 2. The lowest BCUT2D eigenvalue weighted by Crippen LogP contribution is -2.39. The van der Waals surface area contributed by atoms with Crippen molar-refractivity contribution in [2.45, 2.75) is 5.92 Å². The summed E-state index contributed by atoms with van der Waals surface area (Å²) in [6, 6.07) is 6.64. The second-order valence-corrected chi connectivity index (χ2v) is 3.94. The Bertz CT molecular complexity index is 468. The molecule has 0 saturated carbocycles. The number of hydrogen-bond donors (Lipinski definition) is 1. The van der Waals surface area contributed by atoms with E-state index in [9.17, 15) is 0 Å². The van der Waals surface area contributed by atoms with Gasteiger partial charge in [0, 0.05) is 31.4 Å². The number of hydrogen-bond acceptors (Lipinski definition) is 2. The molecule has 0 amide bonds. The zero-order valence-corrected chi connectivity index (χ0v) is 8.20. The standard InChI is InChI=1S/C11H13N3/c1-14-11-4-8(10-5-12-6-10)2-3-9(11)7-13-14/h2-4,7,10,12H,5-6H2,1H3. The lowest BCUT2D eigenvalue weighted by atomic mass is 9.93. The van der Waals surface area contributed by atoms with Gasteiger partial charge >= 0.3 is 0 Å². The Morgan fingerprint density at radius 2 is 2.29 bits per heavy atom. The molecule has 2 heterocycles. The summed E-state index contributed by atoms with van der Waals surface area (Å²) in [5, 5.41) is 8.76. The van der Waals surface area contributed by atoms with E-state index in [1.54, 1.807) is 0 Å². The smallest absolute Gasteiger partial charge is 0.0681 e. The first-order chi connectivity index (χ1) is 6.84. The van der Waals surface area contributed by atoms with Gasteiger partial charge in [-0.1, -0.05) is 12.1 Å². The number of aryl methyl sites for hydroxylation is 1. The Labute approximate surface area is 82.7 Å². The van der Waals surface area contributed by atoms with Gasteiger partial charge in [0.1, 0.15) is 0 Å². The Morgan fingerprint density at radius 3 is 3.00 bits per heavy atom. The molecule has 0 spiro atoms. The van der Waals surface area contributed by atoms with Gasteiger partial charge < -0.3 is 5.32 Å². The molecule has 1 saturated heterocycles. The van der Waals surface area contributed by atoms with Crippen LogP contribution in [0.15, 0.2) is 24.4 Å². The molecule has 3 nitrogen and oxygen atoms in total. The van der Waals surface area contributed by atoms with Crippen LogP contribution in [0.5, 0.6) is 0 Å². The summed E-state index contributed by atoms with van der Waals surface area (Å²) in [5.41, 5.74) is 2.66. The largest absolute Gasteiger partial charge is 0.315 e. The predicted octanol–water partition coefficient (Wildman–Crippen LogP) is 1.26. The fraction of sp³-hybridized carbons (Fsp3) is 0.364. The van der Waals surface area contributed by atoms with E-state index in [0.717, 1.165) is 13.1 Å². The number of nitrogens with one attached hydrogen (secondary N) is 1. The Morgan fingerprint density at radius 1 is 1.43 bits per heavy atom. The van der Waals surface area contributed by atoms with E-state index in [-0.39, 0.29) is 0 Å². The van der Waals surface area contributed by atoms with E-state index in [2.05, 4.69) is 28.6 Å². The quantitative estimate of drug-likeness (QED) is 0.728. The monoisotopic (exact) mass is 187 g/mol. The van der Waals surface area contributed by atoms with Crippen LogP contribution >= 0.6 is 0 Å². The molecule has 72 valence electrons. The molecule has 3 heteroatoms. The maximum Gasteiger partial charge on any atom is 0.0681 e. The molecule has 1 aromatic heterocycles. The van der Waals surface area contributed by atoms with Crippen molar-refractivity contribution in [3.05, 3.63) is 30.0 Å². The van der Waals surface area contributed by atoms with E-state index in [4.69, 9.17) is 0 Å². The van der Waals surface area contributed by atoms with Crippen LogP contribution in [0.25, 0.3) is 10.9 Å². The fourth-order valence-electron chi connectivity index (χ4n) is 1.94. The van der Waals surface area contributed by atoms with Crippen molar-refractivity contribution in [2.75, 3.05) is 13.1 Å². The Kier molecular flexibility index (Phi) is 1.61. The first-order valence-corrected chi connectivity index (χ1v) is 4.97. The van der Waals surface area contributed by atoms with Crippen molar-refractivity contribution in [1.29, 1.82) is 0 Å². The summed E-state index contributed by atoms with van der Waals surface area (Å²) in [7, 11) is 1.99. The minimum Gasteiger partial charge on any atom is -0.315 e. The summed E-state index contributed by atoms with van der Waals surface area (Å²) in [6.07, 6.45) is 1.91. The molecular weight excluding hydrogens is 174 g/mol. The number of fused-ring (bicyclic) bond motifs is 1. The average molecular weight is 187 g/mol. The summed E-state index contributed by atoms with van der Waals surface area (Å²) in [6.45, 7) is 2.23. The number of benzene rings is 1. The Balaban J connectivity index is 2.13. The van der Waals surface area contributed by atoms with Gasteiger partial charge in [-0.2, -0.15) is 5.10 Å². The van der Waals surface area contributed by atoms with Crippen molar-refractivity contribution in [2.24, 2.45) is 7.05 Å². The number of nitrogens with zero attached hydrogens (tertiary/aromatic N) is 2. The minimum atomic E-state index is 0.703. The van der Waals surface area contributed by atoms with Crippen molar-refractivity contribution in [3.63, 3.8) is 0 Å². The molecule has 0 aliphatic carbocycles. The van der Waals surface area contributed by atoms with E-state index in [0.29, 0.717) is 5.92 Å². The summed E-state index contributed by atoms with van der Waals surface area (Å²) in [4.78, 5) is 0.